The lowest BCUT2D eigenvalue weighted by Crippen LogP contribution is -2.07. The third-order valence-corrected chi connectivity index (χ3v) is 2.96. The summed E-state index contributed by atoms with van der Waals surface area (Å²) in [6, 6.07) is 4.86. The lowest BCUT2D eigenvalue weighted by atomic mass is 9.99. The summed E-state index contributed by atoms with van der Waals surface area (Å²) in [5.41, 5.74) is 1.50. The van der Waals surface area contributed by atoms with Crippen LogP contribution in [0.15, 0.2) is 18.2 Å². The maximum Gasteiger partial charge on any atom is 0.272 e. The molecule has 0 aromatic heterocycles. The number of rotatable bonds is 5. The first-order valence-corrected chi connectivity index (χ1v) is 6.05. The van der Waals surface area contributed by atoms with Crippen molar-refractivity contribution in [3.63, 3.8) is 0 Å². The molecule has 0 N–H and O–H groups in total. The molecule has 86 valence electrons. The van der Waals surface area contributed by atoms with Crippen molar-refractivity contribution in [2.75, 3.05) is 5.33 Å². The van der Waals surface area contributed by atoms with Crippen LogP contribution >= 0.6 is 15.9 Å². The maximum absolute atomic E-state index is 11.3. The number of hydrogen-bond donors (Lipinski definition) is 0. The molecule has 0 aliphatic rings. The van der Waals surface area contributed by atoms with Crippen LogP contribution in [-0.4, -0.2) is 16.0 Å². The van der Waals surface area contributed by atoms with E-state index < -0.39 is 4.92 Å². The second-order valence-corrected chi connectivity index (χ2v) is 3.94. The van der Waals surface area contributed by atoms with Gasteiger partial charge in [0.2, 0.25) is 0 Å². The Balaban J connectivity index is 3.13. The van der Waals surface area contributed by atoms with E-state index in [4.69, 9.17) is 0 Å². The van der Waals surface area contributed by atoms with E-state index in [0.717, 1.165) is 5.56 Å². The fourth-order valence-corrected chi connectivity index (χ4v) is 1.82. The van der Waals surface area contributed by atoms with Crippen LogP contribution in [-0.2, 0) is 17.6 Å². The Kier molecular flexibility index (Phi) is 4.61. The van der Waals surface area contributed by atoms with Crippen molar-refractivity contribution in [1.82, 2.24) is 0 Å². The van der Waals surface area contributed by atoms with E-state index in [-0.39, 0.29) is 23.2 Å². The Morgan fingerprint density at radius 3 is 2.69 bits per heavy atom. The fraction of sp³-hybridized carbons (Fsp3) is 0.364. The van der Waals surface area contributed by atoms with Gasteiger partial charge in [-0.2, -0.15) is 0 Å². The van der Waals surface area contributed by atoms with E-state index in [2.05, 4.69) is 15.9 Å². The maximum atomic E-state index is 11.3. The molecule has 5 heteroatoms. The van der Waals surface area contributed by atoms with Gasteiger partial charge in [-0.1, -0.05) is 35.0 Å². The van der Waals surface area contributed by atoms with Crippen molar-refractivity contribution in [3.05, 3.63) is 39.4 Å². The van der Waals surface area contributed by atoms with Gasteiger partial charge in [-0.05, 0) is 12.0 Å². The summed E-state index contributed by atoms with van der Waals surface area (Å²) in [5.74, 6) is 0.0233. The number of hydrogen-bond acceptors (Lipinski definition) is 3. The van der Waals surface area contributed by atoms with E-state index in [1.54, 1.807) is 12.1 Å². The summed E-state index contributed by atoms with van der Waals surface area (Å²) in [6.07, 6.45) is 0.804. The minimum absolute atomic E-state index is 0.0233. The van der Waals surface area contributed by atoms with E-state index in [1.165, 1.54) is 6.07 Å². The summed E-state index contributed by atoms with van der Waals surface area (Å²) in [6.45, 7) is 1.85. The monoisotopic (exact) mass is 285 g/mol. The molecular formula is C11H12BrNO3. The number of carbonyl (C=O) groups excluding carboxylic acids is 1. The molecule has 0 saturated heterocycles. The van der Waals surface area contributed by atoms with Gasteiger partial charge in [0.05, 0.1) is 10.3 Å². The van der Waals surface area contributed by atoms with Crippen molar-refractivity contribution in [3.8, 4) is 0 Å². The SMILES string of the molecule is CCc1c(CC(=O)CBr)cccc1[N+](=O)[O-]. The minimum Gasteiger partial charge on any atom is -0.298 e. The third-order valence-electron chi connectivity index (χ3n) is 2.34. The highest BCUT2D eigenvalue weighted by molar-refractivity contribution is 9.09. The molecule has 0 bridgehead atoms. The number of carbonyl (C=O) groups is 1. The first-order valence-electron chi connectivity index (χ1n) is 4.93. The lowest BCUT2D eigenvalue weighted by molar-refractivity contribution is -0.385. The third kappa shape index (κ3) is 2.88. The molecule has 1 aromatic rings. The molecule has 0 heterocycles. The standard InChI is InChI=1S/C11H12BrNO3/c1-2-10-8(6-9(14)7-12)4-3-5-11(10)13(15)16/h3-5H,2,6-7H2,1H3. The molecule has 0 spiro atoms. The summed E-state index contributed by atoms with van der Waals surface area (Å²) in [4.78, 5) is 21.7. The number of Topliss-reactive ketones (excluding diaryl/α,β-unsaturated/α-hetero) is 1. The van der Waals surface area contributed by atoms with Gasteiger partial charge in [-0.15, -0.1) is 0 Å². The topological polar surface area (TPSA) is 60.2 Å². The second kappa shape index (κ2) is 5.75. The molecule has 0 aliphatic carbocycles. The molecule has 0 saturated carbocycles. The first-order chi connectivity index (χ1) is 7.60. The molecule has 0 fully saturated rings. The quantitative estimate of drug-likeness (QED) is 0.475. The van der Waals surface area contributed by atoms with Crippen LogP contribution in [0, 0.1) is 10.1 Å². The number of halogens is 1. The second-order valence-electron chi connectivity index (χ2n) is 3.37. The molecule has 0 amide bonds. The van der Waals surface area contributed by atoms with Gasteiger partial charge in [0.1, 0.15) is 5.78 Å². The summed E-state index contributed by atoms with van der Waals surface area (Å²) in [5, 5.41) is 11.1. The first kappa shape index (κ1) is 12.8. The van der Waals surface area contributed by atoms with Crippen LogP contribution in [0.4, 0.5) is 5.69 Å². The van der Waals surface area contributed by atoms with Crippen molar-refractivity contribution in [1.29, 1.82) is 0 Å². The molecule has 1 aromatic carbocycles. The Labute approximate surface area is 102 Å². The highest BCUT2D eigenvalue weighted by atomic mass is 79.9. The molecule has 16 heavy (non-hydrogen) atoms. The van der Waals surface area contributed by atoms with Gasteiger partial charge >= 0.3 is 0 Å². The average molecular weight is 286 g/mol. The Hall–Kier alpha value is -1.23. The Morgan fingerprint density at radius 2 is 2.19 bits per heavy atom. The summed E-state index contributed by atoms with van der Waals surface area (Å²) in [7, 11) is 0. The smallest absolute Gasteiger partial charge is 0.272 e. The van der Waals surface area contributed by atoms with E-state index in [9.17, 15) is 14.9 Å². The number of benzene rings is 1. The van der Waals surface area contributed by atoms with Crippen LogP contribution in [0.3, 0.4) is 0 Å². The number of nitro groups is 1. The molecule has 1 rings (SSSR count). The highest BCUT2D eigenvalue weighted by Crippen LogP contribution is 2.23. The van der Waals surface area contributed by atoms with Crippen molar-refractivity contribution in [2.24, 2.45) is 0 Å². The molecule has 0 radical (unpaired) electrons. The zero-order valence-electron chi connectivity index (χ0n) is 8.90. The number of nitrogens with zero attached hydrogens (tertiary/aromatic N) is 1. The zero-order chi connectivity index (χ0) is 12.1. The summed E-state index contributed by atoms with van der Waals surface area (Å²) >= 11 is 3.08. The van der Waals surface area contributed by atoms with E-state index >= 15 is 0 Å². The number of nitro benzene ring substituents is 1. The zero-order valence-corrected chi connectivity index (χ0v) is 10.5. The molecule has 0 unspecified atom stereocenters. The van der Waals surface area contributed by atoms with Crippen LogP contribution < -0.4 is 0 Å². The Bertz CT molecular complexity index is 418. The highest BCUT2D eigenvalue weighted by Gasteiger charge is 2.16. The van der Waals surface area contributed by atoms with Gasteiger partial charge in [-0.25, -0.2) is 0 Å². The van der Waals surface area contributed by atoms with Crippen LogP contribution in [0.5, 0.6) is 0 Å². The largest absolute Gasteiger partial charge is 0.298 e. The predicted octanol–water partition coefficient (Wildman–Crippen LogP) is 2.66. The van der Waals surface area contributed by atoms with Crippen molar-refractivity contribution >= 4 is 27.4 Å². The van der Waals surface area contributed by atoms with Crippen LogP contribution in [0.2, 0.25) is 0 Å². The fourth-order valence-electron chi connectivity index (χ4n) is 1.63. The Morgan fingerprint density at radius 1 is 1.50 bits per heavy atom. The van der Waals surface area contributed by atoms with Crippen LogP contribution in [0.25, 0.3) is 0 Å². The molecular weight excluding hydrogens is 274 g/mol. The van der Waals surface area contributed by atoms with Gasteiger partial charge in [0.15, 0.2) is 0 Å². The van der Waals surface area contributed by atoms with Gasteiger partial charge in [0, 0.05) is 18.1 Å². The van der Waals surface area contributed by atoms with E-state index in [1.807, 2.05) is 6.92 Å². The van der Waals surface area contributed by atoms with Gasteiger partial charge in [-0.3, -0.25) is 14.9 Å². The predicted molar refractivity (Wildman–Crippen MR) is 65.0 cm³/mol. The number of alkyl halides is 1. The lowest BCUT2D eigenvalue weighted by Gasteiger charge is -2.06. The van der Waals surface area contributed by atoms with Crippen molar-refractivity contribution < 1.29 is 9.72 Å². The average Bonchev–Trinajstić information content (AvgIpc) is 2.28. The minimum atomic E-state index is -0.402. The van der Waals surface area contributed by atoms with Crippen molar-refractivity contribution in [2.45, 2.75) is 19.8 Å². The summed E-state index contributed by atoms with van der Waals surface area (Å²) < 4.78 is 0. The molecule has 0 atom stereocenters. The molecule has 4 nitrogen and oxygen atoms in total. The van der Waals surface area contributed by atoms with Gasteiger partial charge < -0.3 is 0 Å². The van der Waals surface area contributed by atoms with Crippen LogP contribution in [0.1, 0.15) is 18.1 Å². The number of ketones is 1. The van der Waals surface area contributed by atoms with Gasteiger partial charge in [0.25, 0.3) is 5.69 Å². The normalized spacial score (nSPS) is 10.1. The molecule has 0 aliphatic heterocycles. The van der Waals surface area contributed by atoms with E-state index in [0.29, 0.717) is 12.0 Å².